The van der Waals surface area contributed by atoms with Crippen molar-refractivity contribution in [2.75, 3.05) is 43.1 Å². The molecule has 8 heteroatoms. The fraction of sp³-hybridized carbons (Fsp3) is 0.333. The number of thiazole rings is 2. The molecule has 5 nitrogen and oxygen atoms in total. The van der Waals surface area contributed by atoms with Crippen LogP contribution in [0.2, 0.25) is 5.02 Å². The van der Waals surface area contributed by atoms with Crippen LogP contribution in [0.1, 0.15) is 12.5 Å². The summed E-state index contributed by atoms with van der Waals surface area (Å²) in [4.78, 5) is 14.4. The Kier molecular flexibility index (Phi) is 4.97. The van der Waals surface area contributed by atoms with E-state index < -0.39 is 0 Å². The van der Waals surface area contributed by atoms with Crippen molar-refractivity contribution in [3.63, 3.8) is 0 Å². The molecule has 0 bridgehead atoms. The van der Waals surface area contributed by atoms with Gasteiger partial charge in [0.05, 0.1) is 27.0 Å². The quantitative estimate of drug-likeness (QED) is 0.418. The molecule has 0 aliphatic carbocycles. The van der Waals surface area contributed by atoms with E-state index in [0.29, 0.717) is 0 Å². The average Bonchev–Trinajstić information content (AvgIpc) is 3.39. The van der Waals surface area contributed by atoms with Gasteiger partial charge in [0.25, 0.3) is 0 Å². The molecule has 2 aromatic carbocycles. The molecule has 0 spiro atoms. The number of nitrogens with zero attached hydrogens (tertiary/aromatic N) is 4. The number of fused-ring (bicyclic) bond motifs is 2. The smallest absolute Gasteiger partial charge is 0.186 e. The summed E-state index contributed by atoms with van der Waals surface area (Å²) in [6.45, 7) is 5.88. The van der Waals surface area contributed by atoms with Crippen LogP contribution in [0, 0.1) is 0 Å². The number of rotatable bonds is 4. The summed E-state index contributed by atoms with van der Waals surface area (Å²) < 4.78 is 7.72. The first-order valence-corrected chi connectivity index (χ1v) is 11.7. The van der Waals surface area contributed by atoms with E-state index >= 15 is 0 Å². The third kappa shape index (κ3) is 3.41. The van der Waals surface area contributed by atoms with Crippen LogP contribution < -0.4 is 14.5 Å². The lowest BCUT2D eigenvalue weighted by Crippen LogP contribution is -2.46. The fourth-order valence-electron chi connectivity index (χ4n) is 3.64. The minimum atomic E-state index is 0.726. The van der Waals surface area contributed by atoms with Crippen LogP contribution in [0.4, 0.5) is 10.3 Å². The maximum atomic E-state index is 6.38. The summed E-state index contributed by atoms with van der Waals surface area (Å²) >= 11 is 9.81. The van der Waals surface area contributed by atoms with Crippen molar-refractivity contribution < 1.29 is 4.74 Å². The highest BCUT2D eigenvalue weighted by Gasteiger charge is 2.23. The molecule has 1 fully saturated rings. The molecule has 29 heavy (non-hydrogen) atoms. The van der Waals surface area contributed by atoms with E-state index in [0.717, 1.165) is 69.4 Å². The van der Waals surface area contributed by atoms with E-state index in [9.17, 15) is 0 Å². The van der Waals surface area contributed by atoms with Crippen LogP contribution in [0.5, 0.6) is 5.75 Å². The molecule has 0 atom stereocenters. The van der Waals surface area contributed by atoms with Gasteiger partial charge in [0.1, 0.15) is 11.3 Å². The number of aryl methyl sites for hydroxylation is 1. The molecule has 0 amide bonds. The van der Waals surface area contributed by atoms with Crippen LogP contribution in [0.3, 0.4) is 0 Å². The molecule has 150 valence electrons. The summed E-state index contributed by atoms with van der Waals surface area (Å²) in [6, 6.07) is 10.3. The van der Waals surface area contributed by atoms with E-state index in [4.69, 9.17) is 26.3 Å². The van der Waals surface area contributed by atoms with Crippen molar-refractivity contribution in [3.05, 3.63) is 40.9 Å². The number of anilines is 2. The van der Waals surface area contributed by atoms with Crippen molar-refractivity contribution in [2.45, 2.75) is 13.3 Å². The van der Waals surface area contributed by atoms with Gasteiger partial charge in [-0.15, -0.1) is 0 Å². The summed E-state index contributed by atoms with van der Waals surface area (Å²) in [5.41, 5.74) is 3.31. The maximum absolute atomic E-state index is 6.38. The molecule has 1 aliphatic heterocycles. The van der Waals surface area contributed by atoms with Gasteiger partial charge in [-0.2, -0.15) is 0 Å². The van der Waals surface area contributed by atoms with Gasteiger partial charge in [-0.1, -0.05) is 47.3 Å². The molecule has 2 aromatic heterocycles. The second kappa shape index (κ2) is 7.63. The lowest BCUT2D eigenvalue weighted by molar-refractivity contribution is 0.419. The number of ether oxygens (including phenoxy) is 1. The van der Waals surface area contributed by atoms with Crippen molar-refractivity contribution in [1.82, 2.24) is 9.97 Å². The topological polar surface area (TPSA) is 41.5 Å². The Labute approximate surface area is 182 Å². The molecule has 1 aliphatic rings. The monoisotopic (exact) mass is 444 g/mol. The predicted molar refractivity (Wildman–Crippen MR) is 125 cm³/mol. The average molecular weight is 445 g/mol. The van der Waals surface area contributed by atoms with E-state index in [-0.39, 0.29) is 0 Å². The number of hydrogen-bond donors (Lipinski definition) is 0. The Morgan fingerprint density at radius 2 is 1.72 bits per heavy atom. The lowest BCUT2D eigenvalue weighted by atomic mass is 10.2. The van der Waals surface area contributed by atoms with Gasteiger partial charge in [0.2, 0.25) is 0 Å². The van der Waals surface area contributed by atoms with Gasteiger partial charge < -0.3 is 14.5 Å². The second-order valence-corrected chi connectivity index (χ2v) is 9.44. The van der Waals surface area contributed by atoms with Crippen LogP contribution in [0.15, 0.2) is 30.3 Å². The van der Waals surface area contributed by atoms with Gasteiger partial charge >= 0.3 is 0 Å². The highest BCUT2D eigenvalue weighted by atomic mass is 35.5. The zero-order valence-corrected chi connectivity index (χ0v) is 18.7. The molecule has 0 N–H and O–H groups in total. The Balaban J connectivity index is 1.35. The van der Waals surface area contributed by atoms with E-state index in [2.05, 4.69) is 34.9 Å². The molecule has 1 saturated heterocycles. The molecular weight excluding hydrogens is 424 g/mol. The zero-order chi connectivity index (χ0) is 20.0. The van der Waals surface area contributed by atoms with E-state index in [1.54, 1.807) is 29.8 Å². The SMILES string of the molecule is CCc1ccc2nc(N3CCN(c4nc5c(OC)ccc(Cl)c5s4)CC3)sc2c1. The Bertz CT molecular complexity index is 1180. The van der Waals surface area contributed by atoms with Crippen LogP contribution in [-0.4, -0.2) is 43.3 Å². The Morgan fingerprint density at radius 1 is 1.00 bits per heavy atom. The summed E-state index contributed by atoms with van der Waals surface area (Å²) in [5, 5.41) is 2.84. The maximum Gasteiger partial charge on any atom is 0.186 e. The molecular formula is C21H21ClN4OS2. The van der Waals surface area contributed by atoms with Crippen LogP contribution >= 0.6 is 34.3 Å². The summed E-state index contributed by atoms with van der Waals surface area (Å²) in [6.07, 6.45) is 1.05. The van der Waals surface area contributed by atoms with Gasteiger partial charge in [0.15, 0.2) is 10.3 Å². The first kappa shape index (κ1) is 18.9. The molecule has 5 rings (SSSR count). The minimum absolute atomic E-state index is 0.726. The van der Waals surface area contributed by atoms with Gasteiger partial charge in [-0.05, 0) is 36.2 Å². The summed E-state index contributed by atoms with van der Waals surface area (Å²) in [7, 11) is 1.67. The van der Waals surface area contributed by atoms with Gasteiger partial charge in [0, 0.05) is 26.2 Å². The Morgan fingerprint density at radius 3 is 2.41 bits per heavy atom. The first-order chi connectivity index (χ1) is 14.2. The molecule has 4 aromatic rings. The molecule has 0 unspecified atom stereocenters. The molecule has 3 heterocycles. The minimum Gasteiger partial charge on any atom is -0.494 e. The van der Waals surface area contributed by atoms with Crippen molar-refractivity contribution >= 4 is 65.0 Å². The Hall–Kier alpha value is -2.09. The third-order valence-electron chi connectivity index (χ3n) is 5.34. The highest BCUT2D eigenvalue weighted by molar-refractivity contribution is 7.23. The standard InChI is InChI=1S/C21H21ClN4OS2/c1-3-13-4-6-15-17(12-13)28-20(23-15)25-8-10-26(11-9-25)21-24-18-16(27-2)7-5-14(22)19(18)29-21/h4-7,12H,3,8-11H2,1-2H3. The summed E-state index contributed by atoms with van der Waals surface area (Å²) in [5.74, 6) is 0.770. The normalized spacial score (nSPS) is 14.9. The van der Waals surface area contributed by atoms with Crippen LogP contribution in [0.25, 0.3) is 20.4 Å². The van der Waals surface area contributed by atoms with Gasteiger partial charge in [-0.3, -0.25) is 0 Å². The fourth-order valence-corrected chi connectivity index (χ4v) is 6.03. The number of aromatic nitrogens is 2. The van der Waals surface area contributed by atoms with E-state index in [1.165, 1.54) is 10.3 Å². The highest BCUT2D eigenvalue weighted by Crippen LogP contribution is 2.39. The number of piperazine rings is 1. The largest absolute Gasteiger partial charge is 0.494 e. The number of benzene rings is 2. The number of halogens is 1. The second-order valence-electron chi connectivity index (χ2n) is 7.05. The third-order valence-corrected chi connectivity index (χ3v) is 7.99. The zero-order valence-electron chi connectivity index (χ0n) is 16.3. The van der Waals surface area contributed by atoms with Crippen LogP contribution in [-0.2, 0) is 6.42 Å². The lowest BCUT2D eigenvalue weighted by Gasteiger charge is -2.34. The van der Waals surface area contributed by atoms with Crippen molar-refractivity contribution in [1.29, 1.82) is 0 Å². The van der Waals surface area contributed by atoms with E-state index in [1.807, 2.05) is 12.1 Å². The first-order valence-electron chi connectivity index (χ1n) is 9.68. The van der Waals surface area contributed by atoms with Crippen molar-refractivity contribution in [3.8, 4) is 5.75 Å². The molecule has 0 saturated carbocycles. The number of methoxy groups -OCH3 is 1. The number of hydrogen-bond acceptors (Lipinski definition) is 7. The van der Waals surface area contributed by atoms with Gasteiger partial charge in [-0.25, -0.2) is 9.97 Å². The predicted octanol–water partition coefficient (Wildman–Crippen LogP) is 5.46. The van der Waals surface area contributed by atoms with Crippen molar-refractivity contribution in [2.24, 2.45) is 0 Å². The molecule has 0 radical (unpaired) electrons.